The zero-order valence-corrected chi connectivity index (χ0v) is 19.4. The van der Waals surface area contributed by atoms with Crippen LogP contribution in [0.5, 0.6) is 17.2 Å². The van der Waals surface area contributed by atoms with Crippen molar-refractivity contribution in [3.8, 4) is 17.2 Å². The van der Waals surface area contributed by atoms with Crippen molar-refractivity contribution < 1.29 is 23.7 Å². The molecule has 0 saturated carbocycles. The molecule has 1 aliphatic heterocycles. The number of carbonyl (C=O) groups excluding carboxylic acids is 1. The van der Waals surface area contributed by atoms with E-state index in [-0.39, 0.29) is 5.91 Å². The van der Waals surface area contributed by atoms with Crippen molar-refractivity contribution in [3.63, 3.8) is 0 Å². The van der Waals surface area contributed by atoms with E-state index in [0.29, 0.717) is 47.2 Å². The number of nitrogens with one attached hydrogen (secondary N) is 1. The van der Waals surface area contributed by atoms with Crippen molar-refractivity contribution in [1.82, 2.24) is 5.32 Å². The van der Waals surface area contributed by atoms with E-state index in [1.165, 1.54) is 22.9 Å². The fraction of sp³-hybridized carbons (Fsp3) is 0.304. The van der Waals surface area contributed by atoms with Crippen LogP contribution in [0.25, 0.3) is 6.08 Å². The quantitative estimate of drug-likeness (QED) is 0.323. The molecule has 1 fully saturated rings. The molecule has 1 N–H and O–H groups in total. The molecule has 1 saturated heterocycles. The van der Waals surface area contributed by atoms with Crippen LogP contribution in [0.2, 0.25) is 0 Å². The van der Waals surface area contributed by atoms with Gasteiger partial charge in [-0.1, -0.05) is 36.1 Å². The molecule has 0 spiro atoms. The van der Waals surface area contributed by atoms with E-state index in [1.54, 1.807) is 13.2 Å². The smallest absolute Gasteiger partial charge is 0.263 e. The van der Waals surface area contributed by atoms with Crippen molar-refractivity contribution in [2.45, 2.75) is 13.8 Å². The molecule has 0 atom stereocenters. The summed E-state index contributed by atoms with van der Waals surface area (Å²) in [6.07, 6.45) is 1.77. The maximum absolute atomic E-state index is 11.8. The molecular weight excluding hydrogens is 434 g/mol. The lowest BCUT2D eigenvalue weighted by Crippen LogP contribution is -2.17. The van der Waals surface area contributed by atoms with E-state index in [9.17, 15) is 4.79 Å². The molecule has 2 aromatic rings. The number of amides is 1. The molecule has 0 radical (unpaired) electrons. The minimum Gasteiger partial charge on any atom is -0.493 e. The third-order valence-corrected chi connectivity index (χ3v) is 5.75. The second-order valence-electron chi connectivity index (χ2n) is 6.82. The fourth-order valence-electron chi connectivity index (χ4n) is 2.80. The molecule has 3 rings (SSSR count). The monoisotopic (exact) mass is 459 g/mol. The summed E-state index contributed by atoms with van der Waals surface area (Å²) in [5, 5.41) is 2.60. The molecule has 1 amide bonds. The molecular formula is C23H25NO5S2. The second kappa shape index (κ2) is 11.2. The van der Waals surface area contributed by atoms with Crippen molar-refractivity contribution >= 4 is 40.3 Å². The first kappa shape index (κ1) is 23.1. The Labute approximate surface area is 191 Å². The Morgan fingerprint density at radius 3 is 2.42 bits per heavy atom. The minimum atomic E-state index is -0.187. The summed E-state index contributed by atoms with van der Waals surface area (Å²) in [6, 6.07) is 11.5. The Morgan fingerprint density at radius 2 is 1.74 bits per heavy atom. The minimum absolute atomic E-state index is 0.187. The molecule has 8 heteroatoms. The molecule has 1 aliphatic rings. The van der Waals surface area contributed by atoms with Gasteiger partial charge in [-0.25, -0.2) is 0 Å². The Morgan fingerprint density at radius 1 is 0.968 bits per heavy atom. The standard InChI is InChI=1S/C23H25NO5S2/c1-15-4-6-18(12-16(15)2)28-10-8-27-9-11-29-19-7-5-17(13-20(19)26-3)14-21-22(25)24-23(30)31-21/h4-7,12-14H,8-11H2,1-3H3,(H,24,25,30)/b21-14-. The van der Waals surface area contributed by atoms with Gasteiger partial charge in [-0.3, -0.25) is 4.79 Å². The highest BCUT2D eigenvalue weighted by molar-refractivity contribution is 8.26. The first-order chi connectivity index (χ1) is 15.0. The van der Waals surface area contributed by atoms with E-state index in [0.717, 1.165) is 11.3 Å². The summed E-state index contributed by atoms with van der Waals surface area (Å²) in [4.78, 5) is 12.4. The predicted molar refractivity (Wildman–Crippen MR) is 127 cm³/mol. The zero-order valence-electron chi connectivity index (χ0n) is 17.7. The van der Waals surface area contributed by atoms with E-state index >= 15 is 0 Å². The molecule has 1 heterocycles. The number of hydrogen-bond acceptors (Lipinski definition) is 7. The molecule has 164 valence electrons. The van der Waals surface area contributed by atoms with Crippen LogP contribution in [0.3, 0.4) is 0 Å². The summed E-state index contributed by atoms with van der Waals surface area (Å²) >= 11 is 6.25. The first-order valence-electron chi connectivity index (χ1n) is 9.80. The van der Waals surface area contributed by atoms with Crippen molar-refractivity contribution in [2.24, 2.45) is 0 Å². The van der Waals surface area contributed by atoms with Gasteiger partial charge in [0.1, 0.15) is 23.3 Å². The number of rotatable bonds is 10. The fourth-order valence-corrected chi connectivity index (χ4v) is 3.84. The van der Waals surface area contributed by atoms with Gasteiger partial charge in [0.25, 0.3) is 5.91 Å². The lowest BCUT2D eigenvalue weighted by molar-refractivity contribution is -0.115. The summed E-state index contributed by atoms with van der Waals surface area (Å²) in [6.45, 7) is 5.90. The topological polar surface area (TPSA) is 66.0 Å². The van der Waals surface area contributed by atoms with Crippen LogP contribution in [0.15, 0.2) is 41.3 Å². The summed E-state index contributed by atoms with van der Waals surface area (Å²) < 4.78 is 22.9. The molecule has 31 heavy (non-hydrogen) atoms. The Balaban J connectivity index is 1.42. The van der Waals surface area contributed by atoms with Crippen molar-refractivity contribution in [1.29, 1.82) is 0 Å². The third kappa shape index (κ3) is 6.72. The maximum Gasteiger partial charge on any atom is 0.263 e. The van der Waals surface area contributed by atoms with Gasteiger partial charge in [0.15, 0.2) is 11.5 Å². The number of ether oxygens (including phenoxy) is 4. The van der Waals surface area contributed by atoms with Gasteiger partial charge in [-0.05, 0) is 60.9 Å². The van der Waals surface area contributed by atoms with Crippen LogP contribution < -0.4 is 19.5 Å². The van der Waals surface area contributed by atoms with Crippen LogP contribution in [-0.4, -0.2) is 43.8 Å². The average molecular weight is 460 g/mol. The number of benzene rings is 2. The van der Waals surface area contributed by atoms with Gasteiger partial charge in [-0.15, -0.1) is 0 Å². The van der Waals surface area contributed by atoms with E-state index in [4.69, 9.17) is 31.2 Å². The van der Waals surface area contributed by atoms with Gasteiger partial charge in [0, 0.05) is 0 Å². The summed E-state index contributed by atoms with van der Waals surface area (Å²) in [5.41, 5.74) is 3.27. The number of hydrogen-bond donors (Lipinski definition) is 1. The van der Waals surface area contributed by atoms with Gasteiger partial charge < -0.3 is 24.3 Å². The second-order valence-corrected chi connectivity index (χ2v) is 8.54. The Hall–Kier alpha value is -2.55. The van der Waals surface area contributed by atoms with Gasteiger partial charge in [-0.2, -0.15) is 0 Å². The molecule has 0 unspecified atom stereocenters. The molecule has 0 aliphatic carbocycles. The number of aryl methyl sites for hydroxylation is 2. The third-order valence-electron chi connectivity index (χ3n) is 4.59. The number of methoxy groups -OCH3 is 1. The van der Waals surface area contributed by atoms with E-state index in [1.807, 2.05) is 36.4 Å². The van der Waals surface area contributed by atoms with E-state index in [2.05, 4.69) is 19.2 Å². The number of carbonyl (C=O) groups is 1. The van der Waals surface area contributed by atoms with Crippen LogP contribution in [0, 0.1) is 13.8 Å². The highest BCUT2D eigenvalue weighted by Gasteiger charge is 2.22. The average Bonchev–Trinajstić information content (AvgIpc) is 3.07. The molecule has 2 aromatic carbocycles. The normalized spacial score (nSPS) is 14.6. The lowest BCUT2D eigenvalue weighted by Gasteiger charge is -2.12. The van der Waals surface area contributed by atoms with Crippen molar-refractivity contribution in [3.05, 3.63) is 58.0 Å². The number of thiocarbonyl (C=S) groups is 1. The largest absolute Gasteiger partial charge is 0.493 e. The first-order valence-corrected chi connectivity index (χ1v) is 11.0. The van der Waals surface area contributed by atoms with E-state index < -0.39 is 0 Å². The lowest BCUT2D eigenvalue weighted by atomic mass is 10.1. The molecule has 0 aromatic heterocycles. The van der Waals surface area contributed by atoms with Crippen LogP contribution in [0.4, 0.5) is 0 Å². The van der Waals surface area contributed by atoms with Gasteiger partial charge in [0.05, 0.1) is 25.2 Å². The zero-order chi connectivity index (χ0) is 22.2. The van der Waals surface area contributed by atoms with Gasteiger partial charge >= 0.3 is 0 Å². The summed E-state index contributed by atoms with van der Waals surface area (Å²) in [5.74, 6) is 1.85. The maximum atomic E-state index is 11.8. The molecule has 6 nitrogen and oxygen atoms in total. The highest BCUT2D eigenvalue weighted by Crippen LogP contribution is 2.31. The highest BCUT2D eigenvalue weighted by atomic mass is 32.2. The number of thioether (sulfide) groups is 1. The predicted octanol–water partition coefficient (Wildman–Crippen LogP) is 4.28. The Bertz CT molecular complexity index is 990. The van der Waals surface area contributed by atoms with Crippen LogP contribution in [0.1, 0.15) is 16.7 Å². The van der Waals surface area contributed by atoms with Gasteiger partial charge in [0.2, 0.25) is 0 Å². The summed E-state index contributed by atoms with van der Waals surface area (Å²) in [7, 11) is 1.58. The van der Waals surface area contributed by atoms with Crippen LogP contribution >= 0.6 is 24.0 Å². The molecule has 0 bridgehead atoms. The van der Waals surface area contributed by atoms with Crippen molar-refractivity contribution in [2.75, 3.05) is 33.5 Å². The Kier molecular flexibility index (Phi) is 8.34. The van der Waals surface area contributed by atoms with Crippen LogP contribution in [-0.2, 0) is 9.53 Å². The SMILES string of the molecule is COc1cc(/C=C2\SC(=S)NC2=O)ccc1OCCOCCOc1ccc(C)c(C)c1.